The molecule has 6 heteroatoms. The third kappa shape index (κ3) is 3.58. The first kappa shape index (κ1) is 20.1. The number of benzene rings is 2. The molecule has 0 spiro atoms. The number of amides is 1. The van der Waals surface area contributed by atoms with E-state index < -0.39 is 17.6 Å². The predicted molar refractivity (Wildman–Crippen MR) is 110 cm³/mol. The number of rotatable bonds is 4. The van der Waals surface area contributed by atoms with Gasteiger partial charge in [0.2, 0.25) is 0 Å². The van der Waals surface area contributed by atoms with Crippen molar-refractivity contribution < 1.29 is 18.0 Å². The standard InChI is InChI=1S/C24H21F3N2O/c1-3-15-11-21(18-12-19-16(10-14(18)2)8-9-24(19,26)27)28-13-22(15)29-23(30)17-6-4-5-7-20(17)25/h4-7,10-13H,3,8-9H2,1-2H3,(H,29,30). The monoisotopic (exact) mass is 410 g/mol. The number of aryl methyl sites for hydroxylation is 3. The molecule has 1 heterocycles. The average Bonchev–Trinajstić information content (AvgIpc) is 3.01. The van der Waals surface area contributed by atoms with Gasteiger partial charge in [0.1, 0.15) is 5.82 Å². The second-order valence-electron chi connectivity index (χ2n) is 7.54. The number of carbonyl (C=O) groups excluding carboxylic acids is 1. The van der Waals surface area contributed by atoms with Crippen LogP contribution in [0, 0.1) is 12.7 Å². The fourth-order valence-electron chi connectivity index (χ4n) is 3.90. The van der Waals surface area contributed by atoms with Gasteiger partial charge in [-0.25, -0.2) is 13.2 Å². The van der Waals surface area contributed by atoms with Crippen LogP contribution in [0.5, 0.6) is 0 Å². The summed E-state index contributed by atoms with van der Waals surface area (Å²) in [6.45, 7) is 3.80. The maximum Gasteiger partial charge on any atom is 0.273 e. The predicted octanol–water partition coefficient (Wildman–Crippen LogP) is 6.05. The molecule has 1 aromatic heterocycles. The molecule has 0 unspecified atom stereocenters. The molecule has 1 N–H and O–H groups in total. The summed E-state index contributed by atoms with van der Waals surface area (Å²) in [7, 11) is 0. The first-order chi connectivity index (χ1) is 14.3. The van der Waals surface area contributed by atoms with E-state index in [1.54, 1.807) is 12.1 Å². The van der Waals surface area contributed by atoms with Crippen LogP contribution in [0.3, 0.4) is 0 Å². The molecule has 30 heavy (non-hydrogen) atoms. The quantitative estimate of drug-likeness (QED) is 0.569. The van der Waals surface area contributed by atoms with E-state index in [4.69, 9.17) is 0 Å². The van der Waals surface area contributed by atoms with Crippen molar-refractivity contribution in [3.8, 4) is 11.3 Å². The largest absolute Gasteiger partial charge is 0.320 e. The molecule has 1 aliphatic carbocycles. The highest BCUT2D eigenvalue weighted by molar-refractivity contribution is 6.04. The molecule has 1 aliphatic rings. The van der Waals surface area contributed by atoms with Crippen molar-refractivity contribution in [2.75, 3.05) is 5.32 Å². The fraction of sp³-hybridized carbons (Fsp3) is 0.250. The van der Waals surface area contributed by atoms with Crippen LogP contribution in [-0.4, -0.2) is 10.9 Å². The Bertz CT molecular complexity index is 1140. The van der Waals surface area contributed by atoms with Crippen LogP contribution in [-0.2, 0) is 18.8 Å². The van der Waals surface area contributed by atoms with E-state index in [0.29, 0.717) is 35.3 Å². The van der Waals surface area contributed by atoms with E-state index in [0.717, 1.165) is 11.1 Å². The minimum Gasteiger partial charge on any atom is -0.320 e. The number of aromatic nitrogens is 1. The number of halogens is 3. The minimum atomic E-state index is -2.82. The Hall–Kier alpha value is -3.15. The van der Waals surface area contributed by atoms with E-state index in [-0.39, 0.29) is 17.5 Å². The van der Waals surface area contributed by atoms with E-state index >= 15 is 0 Å². The molecule has 154 valence electrons. The number of fused-ring (bicyclic) bond motifs is 1. The lowest BCUT2D eigenvalue weighted by Gasteiger charge is -2.15. The molecule has 1 amide bonds. The summed E-state index contributed by atoms with van der Waals surface area (Å²) in [6.07, 6.45) is 2.29. The Morgan fingerprint density at radius 1 is 1.20 bits per heavy atom. The van der Waals surface area contributed by atoms with Crippen molar-refractivity contribution in [2.24, 2.45) is 0 Å². The molecule has 4 rings (SSSR count). The molecule has 0 bridgehead atoms. The van der Waals surface area contributed by atoms with Gasteiger partial charge in [-0.15, -0.1) is 0 Å². The van der Waals surface area contributed by atoms with Gasteiger partial charge in [0.15, 0.2) is 0 Å². The first-order valence-electron chi connectivity index (χ1n) is 9.87. The van der Waals surface area contributed by atoms with Crippen molar-refractivity contribution in [2.45, 2.75) is 39.0 Å². The Morgan fingerprint density at radius 3 is 2.70 bits per heavy atom. The van der Waals surface area contributed by atoms with Crippen LogP contribution in [0.15, 0.2) is 48.7 Å². The van der Waals surface area contributed by atoms with E-state index in [9.17, 15) is 18.0 Å². The second-order valence-corrected chi connectivity index (χ2v) is 7.54. The molecule has 2 aromatic carbocycles. The molecule has 3 aromatic rings. The highest BCUT2D eigenvalue weighted by atomic mass is 19.3. The highest BCUT2D eigenvalue weighted by Crippen LogP contribution is 2.44. The van der Waals surface area contributed by atoms with Crippen molar-refractivity contribution in [3.63, 3.8) is 0 Å². The lowest BCUT2D eigenvalue weighted by molar-refractivity contribution is -0.00181. The molecular weight excluding hydrogens is 389 g/mol. The van der Waals surface area contributed by atoms with Gasteiger partial charge < -0.3 is 5.32 Å². The third-order valence-electron chi connectivity index (χ3n) is 5.57. The maximum absolute atomic E-state index is 14.2. The Morgan fingerprint density at radius 2 is 1.97 bits per heavy atom. The van der Waals surface area contributed by atoms with Gasteiger partial charge in [-0.2, -0.15) is 0 Å². The normalized spacial score (nSPS) is 14.4. The zero-order valence-electron chi connectivity index (χ0n) is 16.7. The third-order valence-corrected chi connectivity index (χ3v) is 5.57. The smallest absolute Gasteiger partial charge is 0.273 e. The summed E-state index contributed by atoms with van der Waals surface area (Å²) in [5, 5.41) is 2.71. The molecule has 0 saturated carbocycles. The van der Waals surface area contributed by atoms with E-state index in [2.05, 4.69) is 10.3 Å². The van der Waals surface area contributed by atoms with Gasteiger partial charge in [0.05, 0.1) is 23.1 Å². The Labute approximate surface area is 173 Å². The molecule has 0 radical (unpaired) electrons. The van der Waals surface area contributed by atoms with Gasteiger partial charge in [0.25, 0.3) is 11.8 Å². The Balaban J connectivity index is 1.68. The zero-order chi connectivity index (χ0) is 21.5. The SMILES string of the molecule is CCc1cc(-c2cc3c(cc2C)CCC3(F)F)ncc1NC(=O)c1ccccc1F. The molecular formula is C24H21F3N2O. The van der Waals surface area contributed by atoms with Crippen molar-refractivity contribution >= 4 is 11.6 Å². The summed E-state index contributed by atoms with van der Waals surface area (Å²) >= 11 is 0. The fourth-order valence-corrected chi connectivity index (χ4v) is 3.90. The number of nitrogens with one attached hydrogen (secondary N) is 1. The lowest BCUT2D eigenvalue weighted by Crippen LogP contribution is -2.15. The van der Waals surface area contributed by atoms with Crippen molar-refractivity contribution in [1.82, 2.24) is 4.98 Å². The lowest BCUT2D eigenvalue weighted by atomic mass is 9.96. The molecule has 3 nitrogen and oxygen atoms in total. The highest BCUT2D eigenvalue weighted by Gasteiger charge is 2.39. The van der Waals surface area contributed by atoms with Gasteiger partial charge in [-0.05, 0) is 60.7 Å². The molecule has 0 fully saturated rings. The number of hydrogen-bond acceptors (Lipinski definition) is 2. The Kier molecular flexibility index (Phi) is 5.10. The molecule has 0 saturated heterocycles. The van der Waals surface area contributed by atoms with Crippen LogP contribution in [0.4, 0.5) is 18.9 Å². The van der Waals surface area contributed by atoms with Crippen LogP contribution < -0.4 is 5.32 Å². The first-order valence-corrected chi connectivity index (χ1v) is 9.87. The van der Waals surface area contributed by atoms with Gasteiger partial charge in [0, 0.05) is 17.5 Å². The topological polar surface area (TPSA) is 42.0 Å². The van der Waals surface area contributed by atoms with Gasteiger partial charge >= 0.3 is 0 Å². The summed E-state index contributed by atoms with van der Waals surface area (Å²) in [5.74, 6) is -3.99. The summed E-state index contributed by atoms with van der Waals surface area (Å²) in [4.78, 5) is 16.9. The second kappa shape index (κ2) is 7.59. The number of anilines is 1. The van der Waals surface area contributed by atoms with Crippen molar-refractivity contribution in [1.29, 1.82) is 0 Å². The molecule has 0 aliphatic heterocycles. The van der Waals surface area contributed by atoms with Crippen LogP contribution in [0.2, 0.25) is 0 Å². The number of alkyl halides is 2. The summed E-state index contributed by atoms with van der Waals surface area (Å²) in [5.41, 5.74) is 4.06. The number of carbonyl (C=O) groups is 1. The number of nitrogens with zero attached hydrogens (tertiary/aromatic N) is 1. The maximum atomic E-state index is 14.2. The van der Waals surface area contributed by atoms with Gasteiger partial charge in [-0.3, -0.25) is 9.78 Å². The average molecular weight is 410 g/mol. The van der Waals surface area contributed by atoms with Gasteiger partial charge in [-0.1, -0.05) is 25.1 Å². The number of hydrogen-bond donors (Lipinski definition) is 1. The van der Waals surface area contributed by atoms with E-state index in [1.807, 2.05) is 19.9 Å². The van der Waals surface area contributed by atoms with Crippen LogP contribution in [0.1, 0.15) is 46.0 Å². The number of pyridine rings is 1. The minimum absolute atomic E-state index is 0.0553. The van der Waals surface area contributed by atoms with E-state index in [1.165, 1.54) is 30.5 Å². The summed E-state index contributed by atoms with van der Waals surface area (Å²) in [6, 6.07) is 10.9. The molecule has 0 atom stereocenters. The van der Waals surface area contributed by atoms with Crippen LogP contribution in [0.25, 0.3) is 11.3 Å². The van der Waals surface area contributed by atoms with Crippen LogP contribution >= 0.6 is 0 Å². The van der Waals surface area contributed by atoms with Crippen molar-refractivity contribution in [3.05, 3.63) is 82.3 Å². The summed E-state index contributed by atoms with van der Waals surface area (Å²) < 4.78 is 42.3. The zero-order valence-corrected chi connectivity index (χ0v) is 16.7.